The van der Waals surface area contributed by atoms with Crippen molar-refractivity contribution in [1.29, 1.82) is 0 Å². The molecular formula is C17H27NO2. The van der Waals surface area contributed by atoms with Gasteiger partial charge in [-0.15, -0.1) is 0 Å². The smallest absolute Gasteiger partial charge is 0.137 e. The summed E-state index contributed by atoms with van der Waals surface area (Å²) in [5.41, 5.74) is 6.61. The van der Waals surface area contributed by atoms with E-state index in [1.165, 1.54) is 0 Å². The Labute approximate surface area is 122 Å². The number of ketones is 1. The van der Waals surface area contributed by atoms with E-state index in [0.717, 1.165) is 24.2 Å². The molecule has 0 aliphatic carbocycles. The number of ether oxygens (including phenoxy) is 1. The zero-order valence-corrected chi connectivity index (χ0v) is 12.9. The SMILES string of the molecule is COc1ccccc1CC(=O)CCC(CCN)C(C)C. The fraction of sp³-hybridized carbons (Fsp3) is 0.588. The fourth-order valence-corrected chi connectivity index (χ4v) is 2.52. The van der Waals surface area contributed by atoms with E-state index in [2.05, 4.69) is 13.8 Å². The molecule has 0 saturated carbocycles. The Balaban J connectivity index is 2.51. The number of rotatable bonds is 9. The van der Waals surface area contributed by atoms with Crippen molar-refractivity contribution >= 4 is 5.78 Å². The summed E-state index contributed by atoms with van der Waals surface area (Å²) >= 11 is 0. The summed E-state index contributed by atoms with van der Waals surface area (Å²) in [6, 6.07) is 7.71. The highest BCUT2D eigenvalue weighted by Gasteiger charge is 2.15. The predicted molar refractivity (Wildman–Crippen MR) is 82.9 cm³/mol. The van der Waals surface area contributed by atoms with E-state index >= 15 is 0 Å². The summed E-state index contributed by atoms with van der Waals surface area (Å²) in [5, 5.41) is 0. The molecule has 20 heavy (non-hydrogen) atoms. The number of methoxy groups -OCH3 is 1. The standard InChI is InChI=1S/C17H27NO2/c1-13(2)14(10-11-18)8-9-16(19)12-15-6-4-5-7-17(15)20-3/h4-7,13-14H,8-12,18H2,1-3H3. The van der Waals surface area contributed by atoms with Crippen LogP contribution in [0.2, 0.25) is 0 Å². The van der Waals surface area contributed by atoms with Crippen LogP contribution in [0, 0.1) is 11.8 Å². The molecule has 1 atom stereocenters. The number of hydrogen-bond donors (Lipinski definition) is 1. The average Bonchev–Trinajstić information content (AvgIpc) is 2.43. The lowest BCUT2D eigenvalue weighted by Gasteiger charge is -2.19. The highest BCUT2D eigenvalue weighted by molar-refractivity contribution is 5.81. The molecule has 0 aliphatic rings. The molecule has 3 nitrogen and oxygen atoms in total. The van der Waals surface area contributed by atoms with Gasteiger partial charge in [0.15, 0.2) is 0 Å². The third-order valence-corrected chi connectivity index (χ3v) is 3.85. The third-order valence-electron chi connectivity index (χ3n) is 3.85. The molecule has 3 heteroatoms. The van der Waals surface area contributed by atoms with Gasteiger partial charge in [0, 0.05) is 18.4 Å². The Morgan fingerprint density at radius 2 is 1.95 bits per heavy atom. The summed E-state index contributed by atoms with van der Waals surface area (Å²) in [7, 11) is 1.64. The van der Waals surface area contributed by atoms with Crippen LogP contribution in [0.3, 0.4) is 0 Å². The first-order valence-corrected chi connectivity index (χ1v) is 7.42. The Morgan fingerprint density at radius 3 is 2.55 bits per heavy atom. The van der Waals surface area contributed by atoms with Gasteiger partial charge in [0.05, 0.1) is 7.11 Å². The molecule has 0 aliphatic heterocycles. The normalized spacial score (nSPS) is 12.4. The number of hydrogen-bond acceptors (Lipinski definition) is 3. The lowest BCUT2D eigenvalue weighted by molar-refractivity contribution is -0.118. The maximum Gasteiger partial charge on any atom is 0.137 e. The molecule has 0 spiro atoms. The molecule has 1 aromatic carbocycles. The molecule has 112 valence electrons. The van der Waals surface area contributed by atoms with Gasteiger partial charge >= 0.3 is 0 Å². The van der Waals surface area contributed by atoms with Gasteiger partial charge in [0.2, 0.25) is 0 Å². The summed E-state index contributed by atoms with van der Waals surface area (Å²) in [6.45, 7) is 5.10. The lowest BCUT2D eigenvalue weighted by atomic mass is 9.87. The van der Waals surface area contributed by atoms with Crippen molar-refractivity contribution in [3.8, 4) is 5.75 Å². The molecule has 1 unspecified atom stereocenters. The first kappa shape index (κ1) is 16.7. The van der Waals surface area contributed by atoms with Gasteiger partial charge in [-0.2, -0.15) is 0 Å². The van der Waals surface area contributed by atoms with Crippen LogP contribution in [-0.4, -0.2) is 19.4 Å². The Bertz CT molecular complexity index is 415. The molecule has 1 aromatic rings. The number of carbonyl (C=O) groups excluding carboxylic acids is 1. The average molecular weight is 277 g/mol. The zero-order valence-electron chi connectivity index (χ0n) is 12.9. The minimum absolute atomic E-state index is 0.275. The molecule has 0 amide bonds. The van der Waals surface area contributed by atoms with Gasteiger partial charge in [0.25, 0.3) is 0 Å². The van der Waals surface area contributed by atoms with Crippen LogP contribution < -0.4 is 10.5 Å². The van der Waals surface area contributed by atoms with E-state index in [1.54, 1.807) is 7.11 Å². The second kappa shape index (κ2) is 8.75. The van der Waals surface area contributed by atoms with Crippen LogP contribution in [0.4, 0.5) is 0 Å². The van der Waals surface area contributed by atoms with Crippen molar-refractivity contribution in [3.05, 3.63) is 29.8 Å². The van der Waals surface area contributed by atoms with Crippen LogP contribution in [0.15, 0.2) is 24.3 Å². The monoisotopic (exact) mass is 277 g/mol. The molecule has 1 rings (SSSR count). The van der Waals surface area contributed by atoms with Crippen LogP contribution in [0.1, 0.15) is 38.7 Å². The summed E-state index contributed by atoms with van der Waals surface area (Å²) in [6.07, 6.45) is 3.01. The molecule has 0 radical (unpaired) electrons. The summed E-state index contributed by atoms with van der Waals surface area (Å²) < 4.78 is 5.28. The van der Waals surface area contributed by atoms with Crippen LogP contribution in [0.5, 0.6) is 5.75 Å². The summed E-state index contributed by atoms with van der Waals surface area (Å²) in [5.74, 6) is 2.19. The zero-order chi connectivity index (χ0) is 15.0. The van der Waals surface area contributed by atoms with Crippen LogP contribution in [0.25, 0.3) is 0 Å². The molecule has 0 heterocycles. The first-order chi connectivity index (χ1) is 9.58. The van der Waals surface area contributed by atoms with Crippen LogP contribution in [-0.2, 0) is 11.2 Å². The van der Waals surface area contributed by atoms with E-state index < -0.39 is 0 Å². The molecule has 0 fully saturated rings. The third kappa shape index (κ3) is 5.33. The van der Waals surface area contributed by atoms with E-state index in [4.69, 9.17) is 10.5 Å². The largest absolute Gasteiger partial charge is 0.496 e. The van der Waals surface area contributed by atoms with Crippen molar-refractivity contribution in [3.63, 3.8) is 0 Å². The first-order valence-electron chi connectivity index (χ1n) is 7.42. The molecule has 2 N–H and O–H groups in total. The second-order valence-corrected chi connectivity index (χ2v) is 5.65. The number of para-hydroxylation sites is 1. The van der Waals surface area contributed by atoms with Crippen LogP contribution >= 0.6 is 0 Å². The predicted octanol–water partition coefficient (Wildman–Crippen LogP) is 3.21. The van der Waals surface area contributed by atoms with E-state index in [-0.39, 0.29) is 5.78 Å². The number of carbonyl (C=O) groups is 1. The maximum atomic E-state index is 12.1. The van der Waals surface area contributed by atoms with Crippen molar-refractivity contribution in [1.82, 2.24) is 0 Å². The molecular weight excluding hydrogens is 250 g/mol. The minimum Gasteiger partial charge on any atom is -0.496 e. The van der Waals surface area contributed by atoms with Gasteiger partial charge in [-0.25, -0.2) is 0 Å². The fourth-order valence-electron chi connectivity index (χ4n) is 2.52. The quantitative estimate of drug-likeness (QED) is 0.754. The van der Waals surface area contributed by atoms with E-state index in [9.17, 15) is 4.79 Å². The minimum atomic E-state index is 0.275. The van der Waals surface area contributed by atoms with Crippen molar-refractivity contribution in [2.24, 2.45) is 17.6 Å². The molecule has 0 saturated heterocycles. The molecule has 0 aromatic heterocycles. The van der Waals surface area contributed by atoms with Gasteiger partial charge in [-0.1, -0.05) is 32.0 Å². The maximum absolute atomic E-state index is 12.1. The van der Waals surface area contributed by atoms with E-state index in [0.29, 0.717) is 31.2 Å². The van der Waals surface area contributed by atoms with E-state index in [1.807, 2.05) is 24.3 Å². The highest BCUT2D eigenvalue weighted by atomic mass is 16.5. The number of benzene rings is 1. The second-order valence-electron chi connectivity index (χ2n) is 5.65. The topological polar surface area (TPSA) is 52.3 Å². The van der Waals surface area contributed by atoms with Gasteiger partial charge in [-0.3, -0.25) is 4.79 Å². The Hall–Kier alpha value is -1.35. The number of Topliss-reactive ketones (excluding diaryl/α,β-unsaturated/α-hetero) is 1. The van der Waals surface area contributed by atoms with Gasteiger partial charge < -0.3 is 10.5 Å². The van der Waals surface area contributed by atoms with Crippen molar-refractivity contribution < 1.29 is 9.53 Å². The molecule has 0 bridgehead atoms. The van der Waals surface area contributed by atoms with Crippen molar-refractivity contribution in [2.75, 3.05) is 13.7 Å². The van der Waals surface area contributed by atoms with Gasteiger partial charge in [0.1, 0.15) is 11.5 Å². The lowest BCUT2D eigenvalue weighted by Crippen LogP contribution is -2.16. The Kier molecular flexibility index (Phi) is 7.31. The summed E-state index contributed by atoms with van der Waals surface area (Å²) in [4.78, 5) is 12.1. The van der Waals surface area contributed by atoms with Crippen molar-refractivity contribution in [2.45, 2.75) is 39.5 Å². The number of nitrogens with two attached hydrogens (primary N) is 1. The highest BCUT2D eigenvalue weighted by Crippen LogP contribution is 2.22. The van der Waals surface area contributed by atoms with Gasteiger partial charge in [-0.05, 0) is 37.3 Å². The Morgan fingerprint density at radius 1 is 1.25 bits per heavy atom.